The molecule has 0 aromatic rings. The highest BCUT2D eigenvalue weighted by atomic mass is 31.2. The molecule has 0 aromatic heterocycles. The van der Waals surface area contributed by atoms with E-state index in [1.807, 2.05) is 0 Å². The lowest BCUT2D eigenvalue weighted by molar-refractivity contribution is 0.254. The maximum Gasteiger partial charge on any atom is 0.195 e. The Balaban J connectivity index is 1.46. The zero-order chi connectivity index (χ0) is 25.1. The van der Waals surface area contributed by atoms with Crippen molar-refractivity contribution in [2.24, 2.45) is 17.6 Å². The lowest BCUT2D eigenvalue weighted by atomic mass is 9.83. The maximum absolute atomic E-state index is 7.26. The Labute approximate surface area is 217 Å². The van der Waals surface area contributed by atoms with Crippen molar-refractivity contribution in [3.8, 4) is 0 Å². The number of nitrogens with two attached hydrogens (primary N) is 1. The Morgan fingerprint density at radius 1 is 0.588 bits per heavy atom. The highest BCUT2D eigenvalue weighted by molar-refractivity contribution is 7.73. The summed E-state index contributed by atoms with van der Waals surface area (Å²) in [6.07, 6.45) is 8.47. The van der Waals surface area contributed by atoms with Crippen LogP contribution in [0, 0.1) is 11.8 Å². The second kappa shape index (κ2) is 11.4. The van der Waals surface area contributed by atoms with E-state index >= 15 is 0 Å². The molecule has 4 fully saturated rings. The van der Waals surface area contributed by atoms with Crippen LogP contribution in [0.1, 0.15) is 87.0 Å². The van der Waals surface area contributed by atoms with Crippen molar-refractivity contribution >= 4 is 40.3 Å². The summed E-state index contributed by atoms with van der Waals surface area (Å²) in [5, 5.41) is 0. The second-order valence-corrected chi connectivity index (χ2v) is 24.7. The Bertz CT molecular complexity index is 686. The molecule has 34 heavy (non-hydrogen) atoms. The minimum absolute atomic E-state index is 0.0362. The van der Waals surface area contributed by atoms with E-state index in [2.05, 4.69) is 84.5 Å². The quantitative estimate of drug-likeness (QED) is 0.226. The minimum Gasteiger partial charge on any atom is -0.323 e. The third kappa shape index (κ3) is 5.12. The van der Waals surface area contributed by atoms with Crippen LogP contribution in [0.5, 0.6) is 0 Å². The van der Waals surface area contributed by atoms with Crippen LogP contribution in [0.3, 0.4) is 0 Å². The molecule has 12 atom stereocenters. The highest BCUT2D eigenvalue weighted by Gasteiger charge is 2.53. The molecule has 196 valence electrons. The molecule has 0 saturated carbocycles. The molecule has 2 N–H and O–H groups in total. The molecule has 4 nitrogen and oxygen atoms in total. The van der Waals surface area contributed by atoms with E-state index in [1.165, 1.54) is 38.5 Å². The summed E-state index contributed by atoms with van der Waals surface area (Å²) < 4.78 is 8.34. The van der Waals surface area contributed by atoms with Gasteiger partial charge in [-0.2, -0.15) is 0 Å². The van der Waals surface area contributed by atoms with E-state index in [9.17, 15) is 0 Å². The van der Waals surface area contributed by atoms with Crippen LogP contribution in [-0.4, -0.2) is 81.4 Å². The molecule has 0 aromatic carbocycles. The molecule has 4 heterocycles. The van der Waals surface area contributed by atoms with E-state index in [-0.39, 0.29) is 32.3 Å². The van der Waals surface area contributed by atoms with Gasteiger partial charge in [0.05, 0.1) is 0 Å². The van der Waals surface area contributed by atoms with Crippen molar-refractivity contribution in [3.63, 3.8) is 0 Å². The lowest BCUT2D eigenvalue weighted by Gasteiger charge is -2.44. The van der Waals surface area contributed by atoms with Gasteiger partial charge in [-0.15, -0.1) is 0 Å². The van der Waals surface area contributed by atoms with Gasteiger partial charge in [0, 0.05) is 28.0 Å². The van der Waals surface area contributed by atoms with Crippen LogP contribution in [0.4, 0.5) is 0 Å². The molecule has 9 heteroatoms. The SMILES string of the molecule is BN(P1[C@H](C)CC[C@H]1C)P1[C@H](C)CC(C2C[C@@H](C)P(N(C)N(C)P3[C@H](C)CC[C@H]3C)[C@@H]2N)[C@H]1C. The Morgan fingerprint density at radius 2 is 1.00 bits per heavy atom. The molecule has 0 aliphatic carbocycles. The van der Waals surface area contributed by atoms with Gasteiger partial charge in [0.15, 0.2) is 7.98 Å². The molecule has 4 aliphatic rings. The molecule has 4 rings (SSSR count). The standard InChI is InChI=1S/C25H53BN4P4/c1-16-10-11-17(2)31(16)28(8)29(9)34-21(6)15-24(25(34)27)23-14-20(5)33(22(23)7)30(26)32-18(3)12-13-19(32)4/h16-25H,10-15,26-27H2,1-9H3/t16-,17-,18-,19-,20-,21-,22-,23?,24?,25+,33?,34?/m1/s1. The van der Waals surface area contributed by atoms with E-state index in [4.69, 9.17) is 5.73 Å². The molecule has 0 bridgehead atoms. The largest absolute Gasteiger partial charge is 0.323 e. The van der Waals surface area contributed by atoms with Crippen LogP contribution in [0.2, 0.25) is 0 Å². The normalized spacial score (nSPS) is 48.9. The van der Waals surface area contributed by atoms with Gasteiger partial charge in [-0.3, -0.25) is 0 Å². The summed E-state index contributed by atoms with van der Waals surface area (Å²) in [4.78, 5) is 0. The fraction of sp³-hybridized carbons (Fsp3) is 1.00. The number of nitrogens with zero attached hydrogens (tertiary/aromatic N) is 3. The Kier molecular flexibility index (Phi) is 9.59. The Hall–Kier alpha value is 1.62. The van der Waals surface area contributed by atoms with E-state index in [1.54, 1.807) is 0 Å². The summed E-state index contributed by atoms with van der Waals surface area (Å²) in [6, 6.07) is 0. The molecular formula is C25H53BN4P4. The van der Waals surface area contributed by atoms with Crippen molar-refractivity contribution < 1.29 is 0 Å². The van der Waals surface area contributed by atoms with Crippen molar-refractivity contribution in [1.82, 2.24) is 13.9 Å². The summed E-state index contributed by atoms with van der Waals surface area (Å²) in [6.45, 7) is 17.8. The van der Waals surface area contributed by atoms with Gasteiger partial charge in [-0.1, -0.05) is 48.5 Å². The summed E-state index contributed by atoms with van der Waals surface area (Å²) in [5.41, 5.74) is 13.3. The molecule has 4 aliphatic heterocycles. The number of hydrogen-bond acceptors (Lipinski definition) is 4. The molecule has 0 spiro atoms. The predicted molar refractivity (Wildman–Crippen MR) is 162 cm³/mol. The monoisotopic (exact) mass is 544 g/mol. The zero-order valence-electron chi connectivity index (χ0n) is 23.7. The highest BCUT2D eigenvalue weighted by Crippen LogP contribution is 2.73. The van der Waals surface area contributed by atoms with Crippen LogP contribution in [0.15, 0.2) is 0 Å². The summed E-state index contributed by atoms with van der Waals surface area (Å²) in [5.74, 6) is 1.91. The topological polar surface area (TPSA) is 35.7 Å². The van der Waals surface area contributed by atoms with Crippen molar-refractivity contribution in [2.75, 3.05) is 14.1 Å². The van der Waals surface area contributed by atoms with E-state index < -0.39 is 0 Å². The van der Waals surface area contributed by atoms with Crippen molar-refractivity contribution in [2.45, 2.75) is 132 Å². The first-order chi connectivity index (χ1) is 16.0. The van der Waals surface area contributed by atoms with Crippen LogP contribution >= 0.6 is 32.3 Å². The molecule has 4 unspecified atom stereocenters. The van der Waals surface area contributed by atoms with Crippen LogP contribution < -0.4 is 5.73 Å². The molecule has 4 saturated heterocycles. The number of hydrogen-bond donors (Lipinski definition) is 1. The van der Waals surface area contributed by atoms with Crippen LogP contribution in [-0.2, 0) is 0 Å². The van der Waals surface area contributed by atoms with Gasteiger partial charge >= 0.3 is 0 Å². The smallest absolute Gasteiger partial charge is 0.195 e. The predicted octanol–water partition coefficient (Wildman–Crippen LogP) is 6.83. The van der Waals surface area contributed by atoms with E-state index in [0.29, 0.717) is 11.7 Å². The zero-order valence-corrected chi connectivity index (χ0v) is 27.3. The number of rotatable bonds is 6. The average Bonchev–Trinajstić information content (AvgIpc) is 3.46. The maximum atomic E-state index is 7.26. The first kappa shape index (κ1) is 28.6. The van der Waals surface area contributed by atoms with Gasteiger partial charge < -0.3 is 10.1 Å². The van der Waals surface area contributed by atoms with Gasteiger partial charge in [-0.05, 0) is 114 Å². The number of hydrazine groups is 1. The van der Waals surface area contributed by atoms with Crippen molar-refractivity contribution in [1.29, 1.82) is 0 Å². The fourth-order valence-electron chi connectivity index (χ4n) is 8.34. The van der Waals surface area contributed by atoms with Gasteiger partial charge in [0.2, 0.25) is 0 Å². The third-order valence-corrected chi connectivity index (χ3v) is 23.7. The molecule has 0 radical (unpaired) electrons. The van der Waals surface area contributed by atoms with Crippen molar-refractivity contribution in [3.05, 3.63) is 0 Å². The summed E-state index contributed by atoms with van der Waals surface area (Å²) >= 11 is 0. The molecular weight excluding hydrogens is 491 g/mol. The Morgan fingerprint density at radius 3 is 1.53 bits per heavy atom. The third-order valence-electron chi connectivity index (χ3n) is 10.0. The van der Waals surface area contributed by atoms with Gasteiger partial charge in [0.1, 0.15) is 0 Å². The van der Waals surface area contributed by atoms with E-state index in [0.717, 1.165) is 45.5 Å². The van der Waals surface area contributed by atoms with Gasteiger partial charge in [-0.25, -0.2) is 9.56 Å². The average molecular weight is 544 g/mol. The fourth-order valence-corrected chi connectivity index (χ4v) is 24.0. The first-order valence-electron chi connectivity index (χ1n) is 14.0. The second-order valence-electron chi connectivity index (χ2n) is 12.3. The lowest BCUT2D eigenvalue weighted by Crippen LogP contribution is -2.39. The first-order valence-corrected chi connectivity index (χ1v) is 19.8. The summed E-state index contributed by atoms with van der Waals surface area (Å²) in [7, 11) is 6.89. The van der Waals surface area contributed by atoms with Crippen LogP contribution in [0.25, 0.3) is 0 Å². The molecule has 0 amide bonds. The van der Waals surface area contributed by atoms with Gasteiger partial charge in [0.25, 0.3) is 0 Å². The minimum atomic E-state index is -0.313.